The monoisotopic (exact) mass is 433 g/mol. The Balaban J connectivity index is 1.72. The lowest BCUT2D eigenvalue weighted by molar-refractivity contribution is -0.140. The molecule has 6 nitrogen and oxygen atoms in total. The number of carbonyl (C=O) groups excluding carboxylic acids is 2. The van der Waals surface area contributed by atoms with Crippen molar-refractivity contribution >= 4 is 28.5 Å². The zero-order valence-electron chi connectivity index (χ0n) is 19.1. The molecule has 1 unspecified atom stereocenters. The normalized spacial score (nSPS) is 11.9. The fourth-order valence-corrected chi connectivity index (χ4v) is 3.61. The maximum atomic E-state index is 12.3. The number of esters is 1. The number of aryl methyl sites for hydroxylation is 1. The lowest BCUT2D eigenvalue weighted by Gasteiger charge is -2.22. The Morgan fingerprint density at radius 1 is 1.06 bits per heavy atom. The van der Waals surface area contributed by atoms with E-state index in [1.165, 1.54) is 12.7 Å². The lowest BCUT2D eigenvalue weighted by Crippen LogP contribution is -2.26. The topological polar surface area (TPSA) is 80.3 Å². The van der Waals surface area contributed by atoms with Gasteiger partial charge in [0.2, 0.25) is 0 Å². The van der Waals surface area contributed by atoms with Gasteiger partial charge in [-0.15, -0.1) is 0 Å². The number of pyridine rings is 1. The van der Waals surface area contributed by atoms with Crippen LogP contribution >= 0.6 is 0 Å². The molecule has 0 fully saturated rings. The van der Waals surface area contributed by atoms with Gasteiger partial charge in [0.1, 0.15) is 0 Å². The third-order valence-corrected chi connectivity index (χ3v) is 5.31. The molecule has 3 rings (SSSR count). The summed E-state index contributed by atoms with van der Waals surface area (Å²) in [6, 6.07) is 16.1. The van der Waals surface area contributed by atoms with Gasteiger partial charge in [-0.05, 0) is 54.7 Å². The van der Waals surface area contributed by atoms with Gasteiger partial charge in [0.15, 0.2) is 0 Å². The Morgan fingerprint density at radius 2 is 1.81 bits per heavy atom. The number of hydrogen-bond acceptors (Lipinski definition) is 5. The third-order valence-electron chi connectivity index (χ3n) is 5.31. The molecule has 0 spiro atoms. The molecule has 0 radical (unpaired) electrons. The number of nitrogens with zero attached hydrogens (tertiary/aromatic N) is 1. The number of amides is 1. The van der Waals surface area contributed by atoms with Crippen LogP contribution in [0.1, 0.15) is 54.2 Å². The van der Waals surface area contributed by atoms with Crippen molar-refractivity contribution in [2.24, 2.45) is 5.92 Å². The summed E-state index contributed by atoms with van der Waals surface area (Å²) in [6.07, 6.45) is 2.97. The molecule has 0 aliphatic heterocycles. The van der Waals surface area contributed by atoms with Gasteiger partial charge in [0.05, 0.1) is 37.0 Å². The summed E-state index contributed by atoms with van der Waals surface area (Å²) in [7, 11) is 1.33. The zero-order chi connectivity index (χ0) is 23.1. The van der Waals surface area contributed by atoms with E-state index in [9.17, 15) is 9.59 Å². The van der Waals surface area contributed by atoms with Crippen LogP contribution in [0.4, 0.5) is 5.69 Å². The van der Waals surface area contributed by atoms with Crippen molar-refractivity contribution in [3.05, 3.63) is 71.4 Å². The fraction of sp³-hybridized carbons (Fsp3) is 0.346. The largest absolute Gasteiger partial charge is 0.469 e. The Labute approximate surface area is 189 Å². The minimum Gasteiger partial charge on any atom is -0.469 e. The molecule has 1 heterocycles. The molecular weight excluding hydrogens is 402 g/mol. The van der Waals surface area contributed by atoms with E-state index in [1.807, 2.05) is 30.5 Å². The number of carbonyl (C=O) groups is 2. The van der Waals surface area contributed by atoms with Crippen LogP contribution in [0.5, 0.6) is 0 Å². The van der Waals surface area contributed by atoms with E-state index in [1.54, 1.807) is 0 Å². The summed E-state index contributed by atoms with van der Waals surface area (Å²) in [4.78, 5) is 28.1. The van der Waals surface area contributed by atoms with Crippen LogP contribution in [0.15, 0.2) is 54.7 Å². The van der Waals surface area contributed by atoms with E-state index < -0.39 is 0 Å². The van der Waals surface area contributed by atoms with Gasteiger partial charge in [-0.2, -0.15) is 0 Å². The smallest absolute Gasteiger partial charge is 0.307 e. The Hall–Kier alpha value is -3.41. The molecule has 0 aliphatic rings. The maximum absolute atomic E-state index is 12.3. The van der Waals surface area contributed by atoms with Gasteiger partial charge in [-0.1, -0.05) is 38.1 Å². The van der Waals surface area contributed by atoms with E-state index in [-0.39, 0.29) is 30.9 Å². The van der Waals surface area contributed by atoms with Crippen LogP contribution in [0, 0.1) is 12.8 Å². The van der Waals surface area contributed by atoms with Crippen molar-refractivity contribution in [1.29, 1.82) is 0 Å². The Bertz CT molecular complexity index is 1080. The van der Waals surface area contributed by atoms with Crippen LogP contribution < -0.4 is 10.6 Å². The number of benzene rings is 2. The summed E-state index contributed by atoms with van der Waals surface area (Å²) >= 11 is 0. The molecule has 1 amide bonds. The number of methoxy groups -OCH3 is 1. The van der Waals surface area contributed by atoms with Crippen molar-refractivity contribution < 1.29 is 14.3 Å². The zero-order valence-corrected chi connectivity index (χ0v) is 19.1. The highest BCUT2D eigenvalue weighted by atomic mass is 16.5. The molecule has 0 aliphatic carbocycles. The highest BCUT2D eigenvalue weighted by molar-refractivity contribution is 5.94. The van der Waals surface area contributed by atoms with Crippen molar-refractivity contribution in [3.8, 4) is 0 Å². The molecule has 0 bridgehead atoms. The van der Waals surface area contributed by atoms with Crippen molar-refractivity contribution in [2.75, 3.05) is 19.0 Å². The number of anilines is 1. The highest BCUT2D eigenvalue weighted by Crippen LogP contribution is 2.27. The van der Waals surface area contributed by atoms with Crippen LogP contribution in [0.2, 0.25) is 0 Å². The van der Waals surface area contributed by atoms with Gasteiger partial charge in [0.25, 0.3) is 5.91 Å². The predicted octanol–water partition coefficient (Wildman–Crippen LogP) is 5.04. The number of rotatable bonds is 9. The summed E-state index contributed by atoms with van der Waals surface area (Å²) in [5, 5.41) is 7.46. The number of nitrogens with one attached hydrogen (secondary N) is 2. The predicted molar refractivity (Wildman–Crippen MR) is 128 cm³/mol. The highest BCUT2D eigenvalue weighted by Gasteiger charge is 2.15. The molecule has 32 heavy (non-hydrogen) atoms. The lowest BCUT2D eigenvalue weighted by atomic mass is 9.95. The minimum absolute atomic E-state index is 0.0936. The maximum Gasteiger partial charge on any atom is 0.307 e. The van der Waals surface area contributed by atoms with Gasteiger partial charge < -0.3 is 15.4 Å². The standard InChI is InChI=1S/C26H31N3O3/c1-17(2)13-24(29-22-15-21-6-5-18(3)14-23(21)28-16-22)19-7-9-20(10-8-19)26(31)27-12-11-25(30)32-4/h5-10,14-17,24,29H,11-13H2,1-4H3,(H,27,31). The van der Waals surface area contributed by atoms with E-state index in [0.29, 0.717) is 11.5 Å². The summed E-state index contributed by atoms with van der Waals surface area (Å²) < 4.78 is 4.59. The minimum atomic E-state index is -0.346. The first-order chi connectivity index (χ1) is 15.4. The third kappa shape index (κ3) is 6.30. The van der Waals surface area contributed by atoms with Crippen molar-refractivity contribution in [2.45, 2.75) is 39.7 Å². The van der Waals surface area contributed by atoms with Gasteiger partial charge in [-0.3, -0.25) is 14.6 Å². The van der Waals surface area contributed by atoms with Gasteiger partial charge in [0, 0.05) is 17.5 Å². The molecule has 3 aromatic rings. The van der Waals surface area contributed by atoms with Crippen LogP contribution in [0.25, 0.3) is 10.9 Å². The van der Waals surface area contributed by atoms with E-state index >= 15 is 0 Å². The average Bonchev–Trinajstić information content (AvgIpc) is 2.78. The molecular formula is C26H31N3O3. The number of ether oxygens (including phenoxy) is 1. The van der Waals surface area contributed by atoms with Crippen LogP contribution in [0.3, 0.4) is 0 Å². The Kier molecular flexibility index (Phi) is 7.82. The number of fused-ring (bicyclic) bond motifs is 1. The number of hydrogen-bond donors (Lipinski definition) is 2. The van der Waals surface area contributed by atoms with Gasteiger partial charge in [-0.25, -0.2) is 0 Å². The first kappa shape index (κ1) is 23.3. The first-order valence-electron chi connectivity index (χ1n) is 10.9. The molecule has 0 saturated carbocycles. The SMILES string of the molecule is COC(=O)CCNC(=O)c1ccc(C(CC(C)C)Nc2cnc3cc(C)ccc3c2)cc1. The fourth-order valence-electron chi connectivity index (χ4n) is 3.61. The van der Waals surface area contributed by atoms with Gasteiger partial charge >= 0.3 is 5.97 Å². The van der Waals surface area contributed by atoms with E-state index in [0.717, 1.165) is 28.6 Å². The second-order valence-electron chi connectivity index (χ2n) is 8.45. The summed E-state index contributed by atoms with van der Waals surface area (Å²) in [5.74, 6) is -0.0609. The molecule has 0 saturated heterocycles. The van der Waals surface area contributed by atoms with Crippen molar-refractivity contribution in [1.82, 2.24) is 10.3 Å². The number of aromatic nitrogens is 1. The van der Waals surface area contributed by atoms with Crippen molar-refractivity contribution in [3.63, 3.8) is 0 Å². The van der Waals surface area contributed by atoms with Crippen LogP contribution in [-0.4, -0.2) is 30.5 Å². The molecule has 1 aromatic heterocycles. The summed E-state index contributed by atoms with van der Waals surface area (Å²) in [5.41, 5.74) is 4.81. The summed E-state index contributed by atoms with van der Waals surface area (Å²) in [6.45, 7) is 6.70. The molecule has 6 heteroatoms. The quantitative estimate of drug-likeness (QED) is 0.462. The van der Waals surface area contributed by atoms with E-state index in [4.69, 9.17) is 0 Å². The van der Waals surface area contributed by atoms with E-state index in [2.05, 4.69) is 65.4 Å². The average molecular weight is 434 g/mol. The van der Waals surface area contributed by atoms with Crippen LogP contribution in [-0.2, 0) is 9.53 Å². The molecule has 1 atom stereocenters. The second kappa shape index (κ2) is 10.8. The molecule has 2 N–H and O–H groups in total. The molecule has 2 aromatic carbocycles. The Morgan fingerprint density at radius 3 is 2.50 bits per heavy atom. The first-order valence-corrected chi connectivity index (χ1v) is 10.9. The second-order valence-corrected chi connectivity index (χ2v) is 8.45. The molecule has 168 valence electrons.